The van der Waals surface area contributed by atoms with Gasteiger partial charge >= 0.3 is 17.9 Å². The van der Waals surface area contributed by atoms with Gasteiger partial charge in [-0.15, -0.1) is 0 Å². The van der Waals surface area contributed by atoms with Crippen LogP contribution < -0.4 is 0 Å². The lowest BCUT2D eigenvalue weighted by Crippen LogP contribution is -2.66. The van der Waals surface area contributed by atoms with Gasteiger partial charge in [0.25, 0.3) is 5.91 Å². The minimum atomic E-state index is -1.77. The zero-order valence-electron chi connectivity index (χ0n) is 21.1. The van der Waals surface area contributed by atoms with Crippen molar-refractivity contribution in [1.29, 1.82) is 0 Å². The van der Waals surface area contributed by atoms with Crippen molar-refractivity contribution in [3.63, 3.8) is 0 Å². The first-order valence-corrected chi connectivity index (χ1v) is 12.8. The number of likely N-dealkylation sites (tertiary alicyclic amines) is 1. The summed E-state index contributed by atoms with van der Waals surface area (Å²) in [6, 6.07) is 8.20. The van der Waals surface area contributed by atoms with Crippen molar-refractivity contribution < 1.29 is 43.2 Å². The first-order valence-electron chi connectivity index (χ1n) is 12.8. The summed E-state index contributed by atoms with van der Waals surface area (Å²) in [4.78, 5) is 55.3. The molecule has 0 aromatic heterocycles. The average Bonchev–Trinajstić information content (AvgIpc) is 3.60. The molecule has 10 heteroatoms. The van der Waals surface area contributed by atoms with Crippen molar-refractivity contribution in [2.75, 3.05) is 13.2 Å². The fraction of sp³-hybridized carbons (Fsp3) is 0.630. The number of aliphatic hydroxyl groups is 1. The molecule has 1 saturated carbocycles. The number of rotatable bonds is 4. The van der Waals surface area contributed by atoms with Crippen LogP contribution in [0.15, 0.2) is 30.3 Å². The minimum absolute atomic E-state index is 0.0890. The van der Waals surface area contributed by atoms with E-state index in [4.69, 9.17) is 18.9 Å². The van der Waals surface area contributed by atoms with E-state index in [1.807, 2.05) is 0 Å². The predicted molar refractivity (Wildman–Crippen MR) is 125 cm³/mol. The number of carbonyl (C=O) groups is 4. The van der Waals surface area contributed by atoms with Crippen molar-refractivity contribution in [2.24, 2.45) is 16.2 Å². The second-order valence-electron chi connectivity index (χ2n) is 11.8. The van der Waals surface area contributed by atoms with Gasteiger partial charge in [0.05, 0.1) is 30.2 Å². The fourth-order valence-corrected chi connectivity index (χ4v) is 7.54. The Morgan fingerprint density at radius 3 is 2.54 bits per heavy atom. The Kier molecular flexibility index (Phi) is 5.11. The maximum atomic E-state index is 14.2. The summed E-state index contributed by atoms with van der Waals surface area (Å²) < 4.78 is 23.3. The summed E-state index contributed by atoms with van der Waals surface area (Å²) in [5.41, 5.74) is -5.93. The molecule has 4 saturated heterocycles. The number of nitrogens with zero attached hydrogens (tertiary/aromatic N) is 1. The van der Waals surface area contributed by atoms with Gasteiger partial charge in [0.15, 0.2) is 12.3 Å². The van der Waals surface area contributed by atoms with Crippen LogP contribution >= 0.6 is 0 Å². The lowest BCUT2D eigenvalue weighted by Gasteiger charge is -2.51. The van der Waals surface area contributed by atoms with Crippen LogP contribution in [0.25, 0.3) is 0 Å². The number of hydrogen-bond acceptors (Lipinski definition) is 9. The summed E-state index contributed by atoms with van der Waals surface area (Å²) in [7, 11) is 0. The number of amides is 1. The highest BCUT2D eigenvalue weighted by Gasteiger charge is 2.93. The quantitative estimate of drug-likeness (QED) is 0.471. The van der Waals surface area contributed by atoms with E-state index in [0.717, 1.165) is 6.42 Å². The smallest absolute Gasteiger partial charge is 0.338 e. The maximum absolute atomic E-state index is 14.2. The van der Waals surface area contributed by atoms with E-state index in [1.165, 1.54) is 4.90 Å². The highest BCUT2D eigenvalue weighted by atomic mass is 16.6. The predicted octanol–water partition coefficient (Wildman–Crippen LogP) is 1.59. The van der Waals surface area contributed by atoms with Gasteiger partial charge in [-0.05, 0) is 30.4 Å². The van der Waals surface area contributed by atoms with Crippen LogP contribution in [0.1, 0.15) is 56.8 Å². The van der Waals surface area contributed by atoms with Crippen molar-refractivity contribution in [3.05, 3.63) is 35.9 Å². The fourth-order valence-electron chi connectivity index (χ4n) is 7.54. The Balaban J connectivity index is 1.55. The molecule has 0 bridgehead atoms. The highest BCUT2D eigenvalue weighted by Crippen LogP contribution is 2.76. The Bertz CT molecular complexity index is 1170. The minimum Gasteiger partial charge on any atom is -0.461 e. The maximum Gasteiger partial charge on any atom is 0.338 e. The summed E-state index contributed by atoms with van der Waals surface area (Å²) >= 11 is 0. The van der Waals surface area contributed by atoms with E-state index >= 15 is 0 Å². The number of ether oxygens (including phenoxy) is 4. The second-order valence-corrected chi connectivity index (χ2v) is 11.8. The number of benzene rings is 1. The van der Waals surface area contributed by atoms with Gasteiger partial charge < -0.3 is 29.0 Å². The molecular formula is C27H31NO9. The van der Waals surface area contributed by atoms with Crippen molar-refractivity contribution in [2.45, 2.75) is 76.6 Å². The molecule has 1 N–H and O–H groups in total. The molecular weight excluding hydrogens is 482 g/mol. The van der Waals surface area contributed by atoms with Crippen LogP contribution in [0.5, 0.6) is 0 Å². The van der Waals surface area contributed by atoms with E-state index in [2.05, 4.69) is 0 Å². The normalized spacial score (nSPS) is 40.3. The van der Waals surface area contributed by atoms with Crippen LogP contribution in [0, 0.1) is 16.2 Å². The van der Waals surface area contributed by atoms with Crippen LogP contribution in [0.3, 0.4) is 0 Å². The average molecular weight is 514 g/mol. The Morgan fingerprint density at radius 1 is 1.16 bits per heavy atom. The van der Waals surface area contributed by atoms with E-state index < -0.39 is 64.1 Å². The zero-order chi connectivity index (χ0) is 26.4. The molecule has 4 aliphatic heterocycles. The molecule has 10 nitrogen and oxygen atoms in total. The Labute approximate surface area is 214 Å². The molecule has 7 atom stereocenters. The summed E-state index contributed by atoms with van der Waals surface area (Å²) in [5, 5.41) is 12.6. The molecule has 0 radical (unpaired) electrons. The van der Waals surface area contributed by atoms with Crippen LogP contribution in [-0.4, -0.2) is 77.1 Å². The molecule has 198 valence electrons. The topological polar surface area (TPSA) is 129 Å². The molecule has 4 heterocycles. The molecule has 5 fully saturated rings. The molecule has 1 aromatic rings. The van der Waals surface area contributed by atoms with Gasteiger partial charge in [0.2, 0.25) is 0 Å². The molecule has 1 unspecified atom stereocenters. The lowest BCUT2D eigenvalue weighted by molar-refractivity contribution is -0.212. The number of esters is 3. The third kappa shape index (κ3) is 2.88. The monoisotopic (exact) mass is 513 g/mol. The molecule has 6 rings (SSSR count). The van der Waals surface area contributed by atoms with Crippen LogP contribution in [0.4, 0.5) is 0 Å². The van der Waals surface area contributed by atoms with Gasteiger partial charge in [0.1, 0.15) is 16.9 Å². The molecule has 2 spiro atoms. The third-order valence-corrected chi connectivity index (χ3v) is 9.23. The molecule has 5 aliphatic rings. The first kappa shape index (κ1) is 24.4. The second kappa shape index (κ2) is 7.77. The van der Waals surface area contributed by atoms with E-state index in [1.54, 1.807) is 51.1 Å². The first-order chi connectivity index (χ1) is 17.5. The van der Waals surface area contributed by atoms with E-state index in [0.29, 0.717) is 13.0 Å². The van der Waals surface area contributed by atoms with Crippen LogP contribution in [0.2, 0.25) is 0 Å². The van der Waals surface area contributed by atoms with Gasteiger partial charge in [-0.3, -0.25) is 14.4 Å². The SMILES string of the molecule is CC(C)(C)[C@]1(O)C[C@@H]2OC(=O)C[C@@]23C(=O)O[C@@H]2N(C[C@H]4CCCO4)C(=O)[C@H](OC(=O)c4ccccc4)C213. The van der Waals surface area contributed by atoms with Gasteiger partial charge in [-0.1, -0.05) is 39.0 Å². The third-order valence-electron chi connectivity index (χ3n) is 9.23. The van der Waals surface area contributed by atoms with Gasteiger partial charge in [-0.25, -0.2) is 4.79 Å². The standard InChI is InChI=1S/C27H31NO9/c1-24(2,3)26(33)12-17-25(13-18(29)35-17)23(32)37-22-27(25,26)19(36-21(31)15-8-5-4-6-9-15)20(30)28(22)14-16-10-7-11-34-16/h4-6,8-9,16-17,19,22,33H,7,10-14H2,1-3H3/t16-,17+,19+,22+,25+,26-,27?/m1/s1. The van der Waals surface area contributed by atoms with Gasteiger partial charge in [0, 0.05) is 13.0 Å². The van der Waals surface area contributed by atoms with Crippen LogP contribution in [-0.2, 0) is 33.3 Å². The number of hydrogen-bond donors (Lipinski definition) is 1. The molecule has 37 heavy (non-hydrogen) atoms. The largest absolute Gasteiger partial charge is 0.461 e. The Morgan fingerprint density at radius 2 is 1.89 bits per heavy atom. The van der Waals surface area contributed by atoms with Crippen molar-refractivity contribution in [1.82, 2.24) is 4.90 Å². The van der Waals surface area contributed by atoms with Crippen molar-refractivity contribution in [3.8, 4) is 0 Å². The summed E-state index contributed by atoms with van der Waals surface area (Å²) in [5.74, 6) is -2.69. The van der Waals surface area contributed by atoms with E-state index in [9.17, 15) is 24.3 Å². The number of carbonyl (C=O) groups excluding carboxylic acids is 4. The highest BCUT2D eigenvalue weighted by molar-refractivity contribution is 5.99. The van der Waals surface area contributed by atoms with E-state index in [-0.39, 0.29) is 31.1 Å². The molecule has 1 amide bonds. The summed E-state index contributed by atoms with van der Waals surface area (Å²) in [6.07, 6.45) is -3.06. The zero-order valence-corrected chi connectivity index (χ0v) is 21.1. The van der Waals surface area contributed by atoms with Gasteiger partial charge in [-0.2, -0.15) is 0 Å². The lowest BCUT2D eigenvalue weighted by atomic mass is 9.52. The molecule has 1 aliphatic carbocycles. The summed E-state index contributed by atoms with van der Waals surface area (Å²) in [6.45, 7) is 6.03. The Hall–Kier alpha value is -2.98. The van der Waals surface area contributed by atoms with Crippen molar-refractivity contribution >= 4 is 23.8 Å². The molecule has 1 aromatic carbocycles.